The summed E-state index contributed by atoms with van der Waals surface area (Å²) in [7, 11) is 0. The highest BCUT2D eigenvalue weighted by atomic mass is 79.9. The summed E-state index contributed by atoms with van der Waals surface area (Å²) in [6, 6.07) is 12.9. The molecule has 0 aliphatic heterocycles. The Labute approximate surface area is 172 Å². The first-order valence-electron chi connectivity index (χ1n) is 9.03. The molecule has 0 aromatic heterocycles. The van der Waals surface area contributed by atoms with Gasteiger partial charge in [0.25, 0.3) is 5.91 Å². The van der Waals surface area contributed by atoms with Gasteiger partial charge in [0.05, 0.1) is 29.3 Å². The van der Waals surface area contributed by atoms with Crippen LogP contribution in [0.15, 0.2) is 40.9 Å². The van der Waals surface area contributed by atoms with E-state index in [0.717, 1.165) is 17.5 Å². The zero-order valence-corrected chi connectivity index (χ0v) is 17.1. The molecule has 1 atom stereocenters. The third-order valence-electron chi connectivity index (χ3n) is 4.69. The van der Waals surface area contributed by atoms with Gasteiger partial charge in [0.15, 0.2) is 18.1 Å². The molecule has 0 spiro atoms. The first kappa shape index (κ1) is 20.2. The average Bonchev–Trinajstić information content (AvgIpc) is 3.03. The number of nitrogens with one attached hydrogen (secondary N) is 1. The summed E-state index contributed by atoms with van der Waals surface area (Å²) in [4.78, 5) is 12.3. The Balaban J connectivity index is 1.62. The number of amides is 1. The standard InChI is InChI=1S/C21H21BrN2O4/c1-2-27-18-10-14(11-23)9-17(22)20(18)28-12-19(25)24-13-21(26)8-7-15-5-3-4-6-16(15)21/h3-6,9-10,26H,2,7-8,12-13H2,1H3,(H,24,25)/t21-/m1/s1. The van der Waals surface area contributed by atoms with Gasteiger partial charge >= 0.3 is 0 Å². The van der Waals surface area contributed by atoms with Gasteiger partial charge in [-0.1, -0.05) is 24.3 Å². The van der Waals surface area contributed by atoms with E-state index in [0.29, 0.717) is 34.6 Å². The van der Waals surface area contributed by atoms with Gasteiger partial charge in [-0.2, -0.15) is 5.26 Å². The van der Waals surface area contributed by atoms with E-state index in [1.165, 1.54) is 0 Å². The van der Waals surface area contributed by atoms with Crippen molar-refractivity contribution in [2.45, 2.75) is 25.4 Å². The molecule has 0 unspecified atom stereocenters. The van der Waals surface area contributed by atoms with E-state index < -0.39 is 5.60 Å². The van der Waals surface area contributed by atoms with Crippen LogP contribution in [0.5, 0.6) is 11.5 Å². The van der Waals surface area contributed by atoms with Gasteiger partial charge in [0.2, 0.25) is 0 Å². The van der Waals surface area contributed by atoms with Crippen LogP contribution in [-0.4, -0.2) is 30.8 Å². The lowest BCUT2D eigenvalue weighted by Crippen LogP contribution is -2.41. The number of hydrogen-bond acceptors (Lipinski definition) is 5. The molecule has 2 N–H and O–H groups in total. The molecule has 1 amide bonds. The van der Waals surface area contributed by atoms with Gasteiger partial charge in [-0.15, -0.1) is 0 Å². The Morgan fingerprint density at radius 1 is 1.36 bits per heavy atom. The highest BCUT2D eigenvalue weighted by Crippen LogP contribution is 2.37. The third-order valence-corrected chi connectivity index (χ3v) is 5.28. The van der Waals surface area contributed by atoms with E-state index in [1.807, 2.05) is 37.3 Å². The second kappa shape index (κ2) is 8.63. The van der Waals surface area contributed by atoms with E-state index in [9.17, 15) is 9.90 Å². The molecule has 0 fully saturated rings. The second-order valence-corrected chi connectivity index (χ2v) is 7.44. The lowest BCUT2D eigenvalue weighted by Gasteiger charge is -2.24. The van der Waals surface area contributed by atoms with Gasteiger partial charge in [0, 0.05) is 6.07 Å². The van der Waals surface area contributed by atoms with Crippen molar-refractivity contribution in [3.8, 4) is 17.6 Å². The van der Waals surface area contributed by atoms with Crippen LogP contribution in [0.3, 0.4) is 0 Å². The largest absolute Gasteiger partial charge is 0.490 e. The normalized spacial score (nSPS) is 17.5. The maximum absolute atomic E-state index is 12.3. The highest BCUT2D eigenvalue weighted by molar-refractivity contribution is 9.10. The Kier molecular flexibility index (Phi) is 6.22. The molecule has 0 saturated carbocycles. The molecule has 0 saturated heterocycles. The zero-order chi connectivity index (χ0) is 20.1. The van der Waals surface area contributed by atoms with Crippen LogP contribution >= 0.6 is 15.9 Å². The average molecular weight is 445 g/mol. The molecule has 2 aromatic carbocycles. The highest BCUT2D eigenvalue weighted by Gasteiger charge is 2.36. The number of aliphatic hydroxyl groups is 1. The van der Waals surface area contributed by atoms with Crippen LogP contribution in [0.2, 0.25) is 0 Å². The topological polar surface area (TPSA) is 91.6 Å². The van der Waals surface area contributed by atoms with E-state index in [1.54, 1.807) is 12.1 Å². The zero-order valence-electron chi connectivity index (χ0n) is 15.5. The molecular formula is C21H21BrN2O4. The summed E-state index contributed by atoms with van der Waals surface area (Å²) in [6.45, 7) is 2.11. The molecule has 28 heavy (non-hydrogen) atoms. The first-order chi connectivity index (χ1) is 13.5. The summed E-state index contributed by atoms with van der Waals surface area (Å²) in [5.41, 5.74) is 1.34. The van der Waals surface area contributed by atoms with Crippen LogP contribution in [0.4, 0.5) is 0 Å². The fourth-order valence-corrected chi connectivity index (χ4v) is 3.88. The Hall–Kier alpha value is -2.56. The number of rotatable bonds is 7. The molecule has 6 nitrogen and oxygen atoms in total. The van der Waals surface area contributed by atoms with Crippen molar-refractivity contribution in [1.29, 1.82) is 5.26 Å². The number of ether oxygens (including phenoxy) is 2. The number of nitriles is 1. The van der Waals surface area contributed by atoms with Gasteiger partial charge in [0.1, 0.15) is 5.60 Å². The maximum Gasteiger partial charge on any atom is 0.258 e. The number of benzene rings is 2. The fraction of sp³-hybridized carbons (Fsp3) is 0.333. The van der Waals surface area contributed by atoms with Crippen molar-refractivity contribution in [2.24, 2.45) is 0 Å². The maximum atomic E-state index is 12.3. The fourth-order valence-electron chi connectivity index (χ4n) is 3.32. The molecule has 146 valence electrons. The Bertz CT molecular complexity index is 925. The molecule has 2 aromatic rings. The number of aryl methyl sites for hydroxylation is 1. The molecular weight excluding hydrogens is 424 g/mol. The minimum Gasteiger partial charge on any atom is -0.490 e. The van der Waals surface area contributed by atoms with Crippen LogP contribution < -0.4 is 14.8 Å². The van der Waals surface area contributed by atoms with Crippen molar-refractivity contribution in [3.05, 3.63) is 57.6 Å². The lowest BCUT2D eigenvalue weighted by atomic mass is 9.96. The van der Waals surface area contributed by atoms with Crippen molar-refractivity contribution >= 4 is 21.8 Å². The number of hydrogen-bond donors (Lipinski definition) is 2. The first-order valence-corrected chi connectivity index (χ1v) is 9.83. The summed E-state index contributed by atoms with van der Waals surface area (Å²) in [5.74, 6) is 0.405. The molecule has 0 heterocycles. The van der Waals surface area contributed by atoms with Crippen LogP contribution in [-0.2, 0) is 16.8 Å². The van der Waals surface area contributed by atoms with E-state index in [-0.39, 0.29) is 19.1 Å². The monoisotopic (exact) mass is 444 g/mol. The van der Waals surface area contributed by atoms with Crippen molar-refractivity contribution in [3.63, 3.8) is 0 Å². The van der Waals surface area contributed by atoms with Gasteiger partial charge in [-0.25, -0.2) is 0 Å². The number of carbonyl (C=O) groups is 1. The second-order valence-electron chi connectivity index (χ2n) is 6.58. The molecule has 0 radical (unpaired) electrons. The summed E-state index contributed by atoms with van der Waals surface area (Å²) in [6.07, 6.45) is 1.36. The minimum atomic E-state index is -1.06. The number of carbonyl (C=O) groups excluding carboxylic acids is 1. The smallest absolute Gasteiger partial charge is 0.258 e. The predicted octanol–water partition coefficient (Wildman–Crippen LogP) is 3.05. The molecule has 0 bridgehead atoms. The lowest BCUT2D eigenvalue weighted by molar-refractivity contribution is -0.124. The van der Waals surface area contributed by atoms with E-state index in [2.05, 4.69) is 21.2 Å². The van der Waals surface area contributed by atoms with Gasteiger partial charge in [-0.05, 0) is 52.9 Å². The van der Waals surface area contributed by atoms with Crippen LogP contribution in [0.25, 0.3) is 0 Å². The minimum absolute atomic E-state index is 0.124. The van der Waals surface area contributed by atoms with E-state index in [4.69, 9.17) is 14.7 Å². The van der Waals surface area contributed by atoms with Crippen molar-refractivity contribution < 1.29 is 19.4 Å². The molecule has 1 aliphatic rings. The van der Waals surface area contributed by atoms with Gasteiger partial charge < -0.3 is 19.9 Å². The molecule has 1 aliphatic carbocycles. The third kappa shape index (κ3) is 4.29. The van der Waals surface area contributed by atoms with Crippen molar-refractivity contribution in [1.82, 2.24) is 5.32 Å². The number of halogens is 1. The predicted molar refractivity (Wildman–Crippen MR) is 107 cm³/mol. The molecule has 7 heteroatoms. The number of nitrogens with zero attached hydrogens (tertiary/aromatic N) is 1. The number of fused-ring (bicyclic) bond motifs is 1. The van der Waals surface area contributed by atoms with Crippen LogP contribution in [0.1, 0.15) is 30.0 Å². The van der Waals surface area contributed by atoms with Gasteiger partial charge in [-0.3, -0.25) is 4.79 Å². The summed E-state index contributed by atoms with van der Waals surface area (Å²) in [5, 5.41) is 22.7. The Morgan fingerprint density at radius 2 is 2.14 bits per heavy atom. The summed E-state index contributed by atoms with van der Waals surface area (Å²) >= 11 is 3.35. The Morgan fingerprint density at radius 3 is 2.89 bits per heavy atom. The SMILES string of the molecule is CCOc1cc(C#N)cc(Br)c1OCC(=O)NC[C@]1(O)CCc2ccccc21. The van der Waals surface area contributed by atoms with Crippen LogP contribution in [0, 0.1) is 11.3 Å². The van der Waals surface area contributed by atoms with Crippen molar-refractivity contribution in [2.75, 3.05) is 19.8 Å². The quantitative estimate of drug-likeness (QED) is 0.684. The summed E-state index contributed by atoms with van der Waals surface area (Å²) < 4.78 is 11.7. The molecule has 3 rings (SSSR count). The van der Waals surface area contributed by atoms with E-state index >= 15 is 0 Å².